The summed E-state index contributed by atoms with van der Waals surface area (Å²) in [5.41, 5.74) is 15.0. The molecule has 0 amide bonds. The highest BCUT2D eigenvalue weighted by atomic mass is 15.0. The Hall–Kier alpha value is -10.7. The fourth-order valence-electron chi connectivity index (χ4n) is 10.5. The molecule has 0 aliphatic carbocycles. The molecule has 0 aliphatic rings. The zero-order valence-electron chi connectivity index (χ0n) is 39.5. The molecular weight excluding hydrogens is 905 g/mol. The summed E-state index contributed by atoms with van der Waals surface area (Å²) in [6, 6.07) is 84.2. The molecule has 342 valence electrons. The number of nitrogens with zero attached hydrogens (tertiary/aromatic N) is 8. The predicted molar refractivity (Wildman–Crippen MR) is 295 cm³/mol. The van der Waals surface area contributed by atoms with Gasteiger partial charge < -0.3 is 9.13 Å². The molecule has 8 nitrogen and oxygen atoms in total. The van der Waals surface area contributed by atoms with Crippen LogP contribution in [0.4, 0.5) is 0 Å². The molecule has 10 aromatic carbocycles. The Morgan fingerprint density at radius 2 is 0.635 bits per heavy atom. The van der Waals surface area contributed by atoms with Crippen LogP contribution in [0.5, 0.6) is 0 Å². The highest BCUT2D eigenvalue weighted by Crippen LogP contribution is 2.42. The number of benzene rings is 10. The monoisotopic (exact) mass is 942 g/mol. The van der Waals surface area contributed by atoms with Crippen LogP contribution in [-0.4, -0.2) is 24.1 Å². The van der Waals surface area contributed by atoms with Crippen LogP contribution < -0.4 is 0 Å². The third-order valence-electron chi connectivity index (χ3n) is 13.9. The number of para-hydroxylation sites is 4. The van der Waals surface area contributed by atoms with Gasteiger partial charge in [0.1, 0.15) is 0 Å². The zero-order valence-corrected chi connectivity index (χ0v) is 39.5. The lowest BCUT2D eigenvalue weighted by molar-refractivity contribution is 1.07. The third-order valence-corrected chi connectivity index (χ3v) is 13.9. The summed E-state index contributed by atoms with van der Waals surface area (Å²) >= 11 is 0. The van der Waals surface area contributed by atoms with Crippen molar-refractivity contribution < 1.29 is 0 Å². The van der Waals surface area contributed by atoms with Crippen LogP contribution in [0.1, 0.15) is 16.7 Å². The lowest BCUT2D eigenvalue weighted by atomic mass is 9.95. The summed E-state index contributed by atoms with van der Waals surface area (Å²) < 4.78 is 4.56. The highest BCUT2D eigenvalue weighted by Gasteiger charge is 2.23. The number of nitriles is 3. The van der Waals surface area contributed by atoms with Gasteiger partial charge in [0.2, 0.25) is 0 Å². The second kappa shape index (κ2) is 17.9. The fourth-order valence-corrected chi connectivity index (χ4v) is 10.5. The highest BCUT2D eigenvalue weighted by molar-refractivity contribution is 6.10. The maximum absolute atomic E-state index is 10.2. The molecule has 13 rings (SSSR count). The number of fused-ring (bicyclic) bond motifs is 6. The molecule has 74 heavy (non-hydrogen) atoms. The summed E-state index contributed by atoms with van der Waals surface area (Å²) in [6.07, 6.45) is 0. The van der Waals surface area contributed by atoms with Gasteiger partial charge in [0, 0.05) is 49.6 Å². The lowest BCUT2D eigenvalue weighted by Gasteiger charge is -2.18. The molecule has 0 fully saturated rings. The van der Waals surface area contributed by atoms with E-state index < -0.39 is 0 Å². The first kappa shape index (κ1) is 43.3. The molecule has 0 saturated heterocycles. The van der Waals surface area contributed by atoms with Crippen molar-refractivity contribution in [2.75, 3.05) is 0 Å². The van der Waals surface area contributed by atoms with E-state index >= 15 is 0 Å². The third kappa shape index (κ3) is 7.33. The average Bonchev–Trinajstić information content (AvgIpc) is 4.02. The minimum Gasteiger partial charge on any atom is -0.309 e. The Bertz CT molecular complexity index is 4190. The first-order valence-electron chi connectivity index (χ1n) is 24.2. The van der Waals surface area contributed by atoms with E-state index in [1.54, 1.807) is 0 Å². The van der Waals surface area contributed by atoms with Crippen molar-refractivity contribution in [3.8, 4) is 97.1 Å². The molecule has 0 aliphatic heterocycles. The molecule has 0 spiro atoms. The summed E-state index contributed by atoms with van der Waals surface area (Å²) in [6.45, 7) is 0. The van der Waals surface area contributed by atoms with Gasteiger partial charge >= 0.3 is 0 Å². The van der Waals surface area contributed by atoms with Gasteiger partial charge in [-0.15, -0.1) is 0 Å². The van der Waals surface area contributed by atoms with Crippen molar-refractivity contribution in [2.45, 2.75) is 0 Å². The molecular formula is C66H38N8. The normalized spacial score (nSPS) is 11.2. The summed E-state index contributed by atoms with van der Waals surface area (Å²) in [5.74, 6) is 1.26. The molecule has 0 saturated carbocycles. The summed E-state index contributed by atoms with van der Waals surface area (Å²) in [5, 5.41) is 34.6. The minimum atomic E-state index is 0.415. The van der Waals surface area contributed by atoms with E-state index in [9.17, 15) is 15.8 Å². The first-order valence-corrected chi connectivity index (χ1v) is 24.2. The Kier molecular flexibility index (Phi) is 10.5. The zero-order chi connectivity index (χ0) is 49.7. The number of hydrogen-bond donors (Lipinski definition) is 0. The molecule has 0 radical (unpaired) electrons. The van der Waals surface area contributed by atoms with Crippen LogP contribution in [0.15, 0.2) is 231 Å². The molecule has 0 atom stereocenters. The first-order chi connectivity index (χ1) is 36.5. The average molecular weight is 943 g/mol. The Balaban J connectivity index is 1.14. The molecule has 0 bridgehead atoms. The quantitative estimate of drug-likeness (QED) is 0.150. The second-order valence-electron chi connectivity index (χ2n) is 18.1. The number of hydrogen-bond acceptors (Lipinski definition) is 6. The predicted octanol–water partition coefficient (Wildman–Crippen LogP) is 15.7. The molecule has 0 N–H and O–H groups in total. The number of aromatic nitrogens is 5. The lowest BCUT2D eigenvalue weighted by Crippen LogP contribution is -2.04. The van der Waals surface area contributed by atoms with Crippen LogP contribution >= 0.6 is 0 Å². The van der Waals surface area contributed by atoms with Crippen molar-refractivity contribution in [3.63, 3.8) is 0 Å². The van der Waals surface area contributed by atoms with E-state index in [2.05, 4.69) is 161 Å². The van der Waals surface area contributed by atoms with Crippen LogP contribution in [0.3, 0.4) is 0 Å². The van der Waals surface area contributed by atoms with Crippen LogP contribution in [0, 0.1) is 34.0 Å². The fraction of sp³-hybridized carbons (Fsp3) is 0. The Morgan fingerprint density at radius 1 is 0.270 bits per heavy atom. The van der Waals surface area contributed by atoms with Gasteiger partial charge in [0.15, 0.2) is 17.5 Å². The van der Waals surface area contributed by atoms with Crippen LogP contribution in [0.2, 0.25) is 0 Å². The van der Waals surface area contributed by atoms with E-state index in [0.717, 1.165) is 105 Å². The standard InChI is InChI=1S/C66H38N8/c67-39-42-27-29-45(30-28-42)50-17-1-2-22-57(50)64-70-65(58-37-48(31-33-51(58)46-15-11-13-43(35-46)40-68)73-60-23-7-3-18-53(60)54-19-4-8-24-61(54)73)72-66(71-64)59-38-49(32-34-52(59)47-16-12-14-44(36-47)41-69)74-62-25-9-5-20-55(62)56-21-6-10-26-63(56)74/h1-38H. The van der Waals surface area contributed by atoms with Crippen molar-refractivity contribution in [1.82, 2.24) is 24.1 Å². The van der Waals surface area contributed by atoms with E-state index in [4.69, 9.17) is 15.0 Å². The topological polar surface area (TPSA) is 120 Å². The van der Waals surface area contributed by atoms with E-state index in [1.165, 1.54) is 0 Å². The smallest absolute Gasteiger partial charge is 0.164 e. The van der Waals surface area contributed by atoms with Crippen LogP contribution in [-0.2, 0) is 0 Å². The Labute approximate surface area is 425 Å². The molecule has 3 aromatic heterocycles. The summed E-state index contributed by atoms with van der Waals surface area (Å²) in [4.78, 5) is 16.5. The Morgan fingerprint density at radius 3 is 1.05 bits per heavy atom. The molecule has 3 heterocycles. The maximum Gasteiger partial charge on any atom is 0.164 e. The van der Waals surface area contributed by atoms with Gasteiger partial charge in [-0.3, -0.25) is 0 Å². The van der Waals surface area contributed by atoms with Gasteiger partial charge in [-0.25, -0.2) is 15.0 Å². The minimum absolute atomic E-state index is 0.415. The van der Waals surface area contributed by atoms with E-state index in [-0.39, 0.29) is 0 Å². The van der Waals surface area contributed by atoms with Gasteiger partial charge in [-0.2, -0.15) is 15.8 Å². The van der Waals surface area contributed by atoms with Crippen molar-refractivity contribution in [1.29, 1.82) is 15.8 Å². The summed E-state index contributed by atoms with van der Waals surface area (Å²) in [7, 11) is 0. The van der Waals surface area contributed by atoms with E-state index in [1.807, 2.05) is 97.1 Å². The van der Waals surface area contributed by atoms with Crippen molar-refractivity contribution in [2.24, 2.45) is 0 Å². The second-order valence-corrected chi connectivity index (χ2v) is 18.1. The van der Waals surface area contributed by atoms with Crippen LogP contribution in [0.25, 0.3) is 123 Å². The van der Waals surface area contributed by atoms with Gasteiger partial charge in [0.05, 0.1) is 57.0 Å². The SMILES string of the molecule is N#Cc1ccc(-c2ccccc2-c2nc(-c3cc(-n4c5ccccc5c5ccccc54)ccc3-c3cccc(C#N)c3)nc(-c3cc(-n4c5ccccc5c5ccccc54)ccc3-c3cccc(C#N)c3)n2)cc1. The van der Waals surface area contributed by atoms with Crippen molar-refractivity contribution in [3.05, 3.63) is 247 Å². The number of rotatable bonds is 8. The molecule has 8 heteroatoms. The molecule has 0 unspecified atom stereocenters. The van der Waals surface area contributed by atoms with Gasteiger partial charge in [0.25, 0.3) is 0 Å². The van der Waals surface area contributed by atoms with Gasteiger partial charge in [-0.05, 0) is 118 Å². The molecule has 13 aromatic rings. The largest absolute Gasteiger partial charge is 0.309 e. The van der Waals surface area contributed by atoms with Gasteiger partial charge in [-0.1, -0.05) is 146 Å². The maximum atomic E-state index is 10.2. The van der Waals surface area contributed by atoms with E-state index in [0.29, 0.717) is 34.2 Å². The van der Waals surface area contributed by atoms with Crippen molar-refractivity contribution >= 4 is 43.6 Å².